The molecule has 2 aliphatic carbocycles. The molecule has 0 aromatic heterocycles. The molecule has 0 aliphatic heterocycles. The van der Waals surface area contributed by atoms with Crippen molar-refractivity contribution in [3.63, 3.8) is 0 Å². The topological polar surface area (TPSA) is 44.5 Å². The van der Waals surface area contributed by atoms with Gasteiger partial charge in [-0.25, -0.2) is 0 Å². The molecule has 0 heterocycles. The Labute approximate surface area is 166 Å². The first-order valence-electron chi connectivity index (χ1n) is 9.96. The lowest BCUT2D eigenvalue weighted by molar-refractivity contribution is 0.233. The summed E-state index contributed by atoms with van der Waals surface area (Å²) in [5.74, 6) is 2.67. The van der Waals surface area contributed by atoms with Gasteiger partial charge in [0.15, 0.2) is 0 Å². The largest absolute Gasteiger partial charge is 0.495 e. The van der Waals surface area contributed by atoms with E-state index in [1.807, 2.05) is 18.2 Å². The van der Waals surface area contributed by atoms with Crippen molar-refractivity contribution in [3.05, 3.63) is 58.1 Å². The molecule has 3 unspecified atom stereocenters. The van der Waals surface area contributed by atoms with Gasteiger partial charge in [0.1, 0.15) is 11.5 Å². The molecular weight excluding hydrogens is 358 g/mol. The second kappa shape index (κ2) is 8.12. The second-order valence-electron chi connectivity index (χ2n) is 8.01. The minimum Gasteiger partial charge on any atom is -0.495 e. The molecule has 3 atom stereocenters. The molecule has 2 N–H and O–H groups in total. The first kappa shape index (κ1) is 18.6. The molecule has 144 valence electrons. The average Bonchev–Trinajstić information content (AvgIpc) is 3.13. The molecule has 0 saturated heterocycles. The zero-order valence-corrected chi connectivity index (χ0v) is 16.7. The van der Waals surface area contributed by atoms with E-state index >= 15 is 0 Å². The third-order valence-corrected chi connectivity index (χ3v) is 6.43. The van der Waals surface area contributed by atoms with E-state index in [1.165, 1.54) is 29.5 Å². The zero-order valence-electron chi connectivity index (χ0n) is 15.9. The standard InChI is InChI=1S/C23H28ClNO2/c1-26-23-13-21(8-9-22(23)24)27-14-15-2-3-17-11-18(5-4-16(17)10-15)19-6-7-20(25)12-19/h4-5,8-9,11,13,15,19-20H,2-3,6-7,10,12,14,25H2,1H3. The summed E-state index contributed by atoms with van der Waals surface area (Å²) in [4.78, 5) is 0. The Kier molecular flexibility index (Phi) is 5.60. The number of fused-ring (bicyclic) bond motifs is 1. The van der Waals surface area contributed by atoms with Crippen LogP contribution in [0.15, 0.2) is 36.4 Å². The van der Waals surface area contributed by atoms with Crippen molar-refractivity contribution < 1.29 is 9.47 Å². The van der Waals surface area contributed by atoms with Gasteiger partial charge >= 0.3 is 0 Å². The summed E-state index contributed by atoms with van der Waals surface area (Å²) in [7, 11) is 1.62. The number of aryl methyl sites for hydroxylation is 1. The minimum absolute atomic E-state index is 0.388. The molecular formula is C23H28ClNO2. The van der Waals surface area contributed by atoms with Gasteiger partial charge in [-0.3, -0.25) is 0 Å². The molecule has 4 rings (SSSR count). The second-order valence-corrected chi connectivity index (χ2v) is 8.42. The van der Waals surface area contributed by atoms with Gasteiger partial charge in [-0.05, 0) is 79.2 Å². The molecule has 0 spiro atoms. The van der Waals surface area contributed by atoms with Crippen LogP contribution in [0.4, 0.5) is 0 Å². The highest BCUT2D eigenvalue weighted by Crippen LogP contribution is 2.36. The van der Waals surface area contributed by atoms with Crippen LogP contribution in [0.25, 0.3) is 0 Å². The maximum absolute atomic E-state index is 6.10. The summed E-state index contributed by atoms with van der Waals surface area (Å²) in [5, 5.41) is 0.607. The predicted octanol–water partition coefficient (Wildman–Crippen LogP) is 5.13. The highest BCUT2D eigenvalue weighted by atomic mass is 35.5. The fourth-order valence-electron chi connectivity index (χ4n) is 4.51. The number of methoxy groups -OCH3 is 1. The Balaban J connectivity index is 1.37. The number of nitrogens with two attached hydrogens (primary N) is 1. The van der Waals surface area contributed by atoms with Crippen LogP contribution < -0.4 is 15.2 Å². The SMILES string of the molecule is COc1cc(OCC2CCc3cc(C4CCC(N)C4)ccc3C2)ccc1Cl. The Morgan fingerprint density at radius 2 is 1.96 bits per heavy atom. The molecule has 0 radical (unpaired) electrons. The smallest absolute Gasteiger partial charge is 0.141 e. The maximum atomic E-state index is 6.10. The molecule has 0 bridgehead atoms. The van der Waals surface area contributed by atoms with E-state index in [-0.39, 0.29) is 0 Å². The lowest BCUT2D eigenvalue weighted by atomic mass is 9.82. The molecule has 1 fully saturated rings. The minimum atomic E-state index is 0.388. The van der Waals surface area contributed by atoms with E-state index in [9.17, 15) is 0 Å². The van der Waals surface area contributed by atoms with Crippen LogP contribution in [0.5, 0.6) is 11.5 Å². The highest BCUT2D eigenvalue weighted by molar-refractivity contribution is 6.32. The van der Waals surface area contributed by atoms with Crippen molar-refractivity contribution >= 4 is 11.6 Å². The summed E-state index contributed by atoms with van der Waals surface area (Å²) >= 11 is 6.08. The van der Waals surface area contributed by atoms with Gasteiger partial charge in [-0.15, -0.1) is 0 Å². The molecule has 2 aromatic carbocycles. The number of rotatable bonds is 5. The van der Waals surface area contributed by atoms with Crippen LogP contribution in [0, 0.1) is 5.92 Å². The third kappa shape index (κ3) is 4.25. The molecule has 4 heteroatoms. The fourth-order valence-corrected chi connectivity index (χ4v) is 4.70. The summed E-state index contributed by atoms with van der Waals surface area (Å²) < 4.78 is 11.3. The summed E-state index contributed by atoms with van der Waals surface area (Å²) in [5.41, 5.74) is 10.6. The number of hydrogen-bond donors (Lipinski definition) is 1. The van der Waals surface area contributed by atoms with Gasteiger partial charge in [-0.1, -0.05) is 29.8 Å². The zero-order chi connectivity index (χ0) is 18.8. The third-order valence-electron chi connectivity index (χ3n) is 6.11. The van der Waals surface area contributed by atoms with E-state index in [2.05, 4.69) is 18.2 Å². The van der Waals surface area contributed by atoms with E-state index in [4.69, 9.17) is 26.8 Å². The molecule has 3 nitrogen and oxygen atoms in total. The highest BCUT2D eigenvalue weighted by Gasteiger charge is 2.25. The van der Waals surface area contributed by atoms with Gasteiger partial charge < -0.3 is 15.2 Å². The van der Waals surface area contributed by atoms with E-state index in [0.717, 1.165) is 38.0 Å². The molecule has 27 heavy (non-hydrogen) atoms. The Morgan fingerprint density at radius 3 is 2.74 bits per heavy atom. The Hall–Kier alpha value is -1.71. The van der Waals surface area contributed by atoms with Gasteiger partial charge in [0.05, 0.1) is 18.7 Å². The molecule has 2 aromatic rings. The van der Waals surface area contributed by atoms with Crippen LogP contribution in [0.3, 0.4) is 0 Å². The average molecular weight is 386 g/mol. The van der Waals surface area contributed by atoms with Crippen molar-refractivity contribution in [3.8, 4) is 11.5 Å². The van der Waals surface area contributed by atoms with Crippen molar-refractivity contribution in [2.24, 2.45) is 11.7 Å². The molecule has 1 saturated carbocycles. The van der Waals surface area contributed by atoms with Crippen molar-refractivity contribution in [2.75, 3.05) is 13.7 Å². The van der Waals surface area contributed by atoms with E-state index < -0.39 is 0 Å². The Morgan fingerprint density at radius 1 is 1.07 bits per heavy atom. The summed E-state index contributed by atoms with van der Waals surface area (Å²) in [6, 6.07) is 13.1. The van der Waals surface area contributed by atoms with Crippen molar-refractivity contribution in [1.29, 1.82) is 0 Å². The lowest BCUT2D eigenvalue weighted by Crippen LogP contribution is -2.21. The van der Waals surface area contributed by atoms with Gasteiger partial charge in [-0.2, -0.15) is 0 Å². The molecule has 0 amide bonds. The number of benzene rings is 2. The first-order chi connectivity index (χ1) is 13.1. The quantitative estimate of drug-likeness (QED) is 0.776. The normalized spacial score (nSPS) is 24.5. The predicted molar refractivity (Wildman–Crippen MR) is 110 cm³/mol. The fraction of sp³-hybridized carbons (Fsp3) is 0.478. The van der Waals surface area contributed by atoms with Crippen molar-refractivity contribution in [1.82, 2.24) is 0 Å². The van der Waals surface area contributed by atoms with Gasteiger partial charge in [0.25, 0.3) is 0 Å². The van der Waals surface area contributed by atoms with Crippen LogP contribution >= 0.6 is 11.6 Å². The number of hydrogen-bond acceptors (Lipinski definition) is 3. The van der Waals surface area contributed by atoms with Gasteiger partial charge in [0, 0.05) is 12.1 Å². The van der Waals surface area contributed by atoms with E-state index in [1.54, 1.807) is 7.11 Å². The van der Waals surface area contributed by atoms with Crippen LogP contribution in [-0.2, 0) is 12.8 Å². The monoisotopic (exact) mass is 385 g/mol. The lowest BCUT2D eigenvalue weighted by Gasteiger charge is -2.26. The van der Waals surface area contributed by atoms with Crippen LogP contribution in [0.1, 0.15) is 48.3 Å². The number of halogens is 1. The summed E-state index contributed by atoms with van der Waals surface area (Å²) in [6.07, 6.45) is 6.94. The first-order valence-corrected chi connectivity index (χ1v) is 10.3. The van der Waals surface area contributed by atoms with Gasteiger partial charge in [0.2, 0.25) is 0 Å². The number of ether oxygens (including phenoxy) is 2. The molecule has 2 aliphatic rings. The summed E-state index contributed by atoms with van der Waals surface area (Å²) in [6.45, 7) is 0.726. The van der Waals surface area contributed by atoms with Crippen LogP contribution in [0.2, 0.25) is 5.02 Å². The maximum Gasteiger partial charge on any atom is 0.141 e. The Bertz CT molecular complexity index is 807. The van der Waals surface area contributed by atoms with Crippen molar-refractivity contribution in [2.45, 2.75) is 50.5 Å². The van der Waals surface area contributed by atoms with Crippen LogP contribution in [-0.4, -0.2) is 19.8 Å². The van der Waals surface area contributed by atoms with E-state index in [0.29, 0.717) is 28.6 Å².